The van der Waals surface area contributed by atoms with Gasteiger partial charge >= 0.3 is 0 Å². The van der Waals surface area contributed by atoms with Gasteiger partial charge in [0.2, 0.25) is 5.91 Å². The minimum atomic E-state index is 0.127. The fraction of sp³-hybridized carbons (Fsp3) is 0.611. The molecule has 0 bridgehead atoms. The molecule has 1 N–H and O–H groups in total. The van der Waals surface area contributed by atoms with Gasteiger partial charge in [0.1, 0.15) is 11.5 Å². The van der Waals surface area contributed by atoms with Crippen LogP contribution in [-0.2, 0) is 10.5 Å². The third kappa shape index (κ3) is 5.31. The van der Waals surface area contributed by atoms with Crippen molar-refractivity contribution in [2.45, 2.75) is 44.4 Å². The second-order valence-electron chi connectivity index (χ2n) is 6.23. The molecule has 0 aliphatic heterocycles. The van der Waals surface area contributed by atoms with Crippen LogP contribution in [0.2, 0.25) is 0 Å². The smallest absolute Gasteiger partial charge is 0.230 e. The number of thioether (sulfide) groups is 1. The first kappa shape index (κ1) is 19.4. The summed E-state index contributed by atoms with van der Waals surface area (Å²) in [6.45, 7) is 2.23. The maximum absolute atomic E-state index is 12.2. The summed E-state index contributed by atoms with van der Waals surface area (Å²) >= 11 is 5.05. The Hall–Kier alpha value is -0.880. The van der Waals surface area contributed by atoms with Gasteiger partial charge in [-0.15, -0.1) is 11.8 Å². The highest BCUT2D eigenvalue weighted by Crippen LogP contribution is 2.34. The Kier molecular flexibility index (Phi) is 7.75. The van der Waals surface area contributed by atoms with E-state index >= 15 is 0 Å². The zero-order valence-corrected chi connectivity index (χ0v) is 17.0. The standard InChI is InChI=1S/C18H26BrNO3S/c1-12-6-4-5-7-15(12)20-18(21)11-24-10-13-8-17(23-3)14(19)9-16(13)22-2/h8-9,12,15H,4-7,10-11H2,1-3H3,(H,20,21)/t12-,15+/m1/s1. The van der Waals surface area contributed by atoms with Crippen LogP contribution in [0.15, 0.2) is 16.6 Å². The van der Waals surface area contributed by atoms with Crippen LogP contribution >= 0.6 is 27.7 Å². The fourth-order valence-electron chi connectivity index (χ4n) is 3.07. The molecule has 4 nitrogen and oxygen atoms in total. The van der Waals surface area contributed by atoms with Crippen molar-refractivity contribution in [3.8, 4) is 11.5 Å². The lowest BCUT2D eigenvalue weighted by atomic mass is 9.86. The zero-order valence-electron chi connectivity index (χ0n) is 14.6. The average Bonchev–Trinajstić information content (AvgIpc) is 2.57. The lowest BCUT2D eigenvalue weighted by Gasteiger charge is -2.29. The number of ether oxygens (including phenoxy) is 2. The summed E-state index contributed by atoms with van der Waals surface area (Å²) in [4.78, 5) is 12.2. The van der Waals surface area contributed by atoms with Crippen molar-refractivity contribution < 1.29 is 14.3 Å². The first-order chi connectivity index (χ1) is 11.5. The molecule has 2 atom stereocenters. The van der Waals surface area contributed by atoms with Crippen LogP contribution in [0.1, 0.15) is 38.2 Å². The lowest BCUT2D eigenvalue weighted by molar-refractivity contribution is -0.119. The normalized spacial score (nSPS) is 20.5. The molecule has 1 amide bonds. The van der Waals surface area contributed by atoms with E-state index in [0.29, 0.717) is 23.5 Å². The van der Waals surface area contributed by atoms with E-state index in [0.717, 1.165) is 28.0 Å². The number of carbonyl (C=O) groups is 1. The summed E-state index contributed by atoms with van der Waals surface area (Å²) in [6, 6.07) is 4.20. The number of hydrogen-bond donors (Lipinski definition) is 1. The van der Waals surface area contributed by atoms with Crippen LogP contribution < -0.4 is 14.8 Å². The van der Waals surface area contributed by atoms with Gasteiger partial charge in [-0.3, -0.25) is 4.79 Å². The van der Waals surface area contributed by atoms with Crippen LogP contribution in [0, 0.1) is 5.92 Å². The Morgan fingerprint density at radius 2 is 1.96 bits per heavy atom. The fourth-order valence-corrected chi connectivity index (χ4v) is 4.37. The van der Waals surface area contributed by atoms with Crippen molar-refractivity contribution in [3.63, 3.8) is 0 Å². The van der Waals surface area contributed by atoms with Crippen molar-refractivity contribution in [3.05, 3.63) is 22.2 Å². The van der Waals surface area contributed by atoms with Gasteiger partial charge in [0.05, 0.1) is 24.4 Å². The number of halogens is 1. The van der Waals surface area contributed by atoms with Gasteiger partial charge in [-0.05, 0) is 46.8 Å². The van der Waals surface area contributed by atoms with Crippen LogP contribution in [0.25, 0.3) is 0 Å². The topological polar surface area (TPSA) is 47.6 Å². The maximum Gasteiger partial charge on any atom is 0.230 e. The predicted molar refractivity (Wildman–Crippen MR) is 103 cm³/mol. The van der Waals surface area contributed by atoms with Crippen molar-refractivity contribution in [1.29, 1.82) is 0 Å². The molecular formula is C18H26BrNO3S. The molecule has 1 aromatic carbocycles. The van der Waals surface area contributed by atoms with Gasteiger partial charge < -0.3 is 14.8 Å². The van der Waals surface area contributed by atoms with Gasteiger partial charge in [0, 0.05) is 17.4 Å². The Labute approximate surface area is 157 Å². The summed E-state index contributed by atoms with van der Waals surface area (Å²) in [5, 5.41) is 3.19. The molecule has 0 spiro atoms. The predicted octanol–water partition coefficient (Wildman–Crippen LogP) is 4.39. The minimum absolute atomic E-state index is 0.127. The number of rotatable bonds is 7. The Morgan fingerprint density at radius 3 is 2.62 bits per heavy atom. The molecule has 0 heterocycles. The van der Waals surface area contributed by atoms with Gasteiger partial charge in [-0.2, -0.15) is 0 Å². The van der Waals surface area contributed by atoms with Gasteiger partial charge in [-0.25, -0.2) is 0 Å². The molecule has 1 fully saturated rings. The molecule has 1 aliphatic rings. The average molecular weight is 416 g/mol. The first-order valence-electron chi connectivity index (χ1n) is 8.32. The second kappa shape index (κ2) is 9.56. The van der Waals surface area contributed by atoms with E-state index < -0.39 is 0 Å². The molecule has 134 valence electrons. The summed E-state index contributed by atoms with van der Waals surface area (Å²) in [5.41, 5.74) is 1.03. The van der Waals surface area contributed by atoms with Crippen molar-refractivity contribution >= 4 is 33.6 Å². The van der Waals surface area contributed by atoms with E-state index in [9.17, 15) is 4.79 Å². The number of nitrogens with one attached hydrogen (secondary N) is 1. The molecule has 6 heteroatoms. The zero-order chi connectivity index (χ0) is 17.5. The molecule has 24 heavy (non-hydrogen) atoms. The van der Waals surface area contributed by atoms with E-state index in [1.54, 1.807) is 26.0 Å². The molecule has 0 unspecified atom stereocenters. The SMILES string of the molecule is COc1cc(CSCC(=O)N[C@H]2CCCC[C@H]2C)c(OC)cc1Br. The van der Waals surface area contributed by atoms with E-state index in [2.05, 4.69) is 28.2 Å². The van der Waals surface area contributed by atoms with Crippen LogP contribution in [0.4, 0.5) is 0 Å². The molecule has 1 saturated carbocycles. The molecule has 0 aromatic heterocycles. The van der Waals surface area contributed by atoms with E-state index in [-0.39, 0.29) is 5.91 Å². The Balaban J connectivity index is 1.86. The van der Waals surface area contributed by atoms with Crippen LogP contribution in [0.5, 0.6) is 11.5 Å². The van der Waals surface area contributed by atoms with E-state index in [1.807, 2.05) is 12.1 Å². The van der Waals surface area contributed by atoms with Gasteiger partial charge in [-0.1, -0.05) is 19.8 Å². The van der Waals surface area contributed by atoms with E-state index in [1.165, 1.54) is 19.3 Å². The highest BCUT2D eigenvalue weighted by Gasteiger charge is 2.22. The number of hydrogen-bond acceptors (Lipinski definition) is 4. The number of benzene rings is 1. The van der Waals surface area contributed by atoms with Crippen LogP contribution in [0.3, 0.4) is 0 Å². The third-order valence-electron chi connectivity index (χ3n) is 4.50. The number of amides is 1. The largest absolute Gasteiger partial charge is 0.496 e. The summed E-state index contributed by atoms with van der Waals surface area (Å²) < 4.78 is 11.6. The molecule has 0 saturated heterocycles. The minimum Gasteiger partial charge on any atom is -0.496 e. The second-order valence-corrected chi connectivity index (χ2v) is 8.07. The molecule has 1 aliphatic carbocycles. The molecule has 1 aromatic rings. The summed E-state index contributed by atoms with van der Waals surface area (Å²) in [5.74, 6) is 3.46. The van der Waals surface area contributed by atoms with Crippen molar-refractivity contribution in [2.24, 2.45) is 5.92 Å². The highest BCUT2D eigenvalue weighted by atomic mass is 79.9. The van der Waals surface area contributed by atoms with E-state index in [4.69, 9.17) is 9.47 Å². The molecular weight excluding hydrogens is 390 g/mol. The van der Waals surface area contributed by atoms with Crippen LogP contribution in [-0.4, -0.2) is 31.9 Å². The quantitative estimate of drug-likeness (QED) is 0.716. The van der Waals surface area contributed by atoms with Gasteiger partial charge in [0.25, 0.3) is 0 Å². The van der Waals surface area contributed by atoms with Gasteiger partial charge in [0.15, 0.2) is 0 Å². The summed E-state index contributed by atoms with van der Waals surface area (Å²) in [6.07, 6.45) is 4.83. The molecule has 0 radical (unpaired) electrons. The Bertz CT molecular complexity index is 567. The van der Waals surface area contributed by atoms with Crippen molar-refractivity contribution in [1.82, 2.24) is 5.32 Å². The summed E-state index contributed by atoms with van der Waals surface area (Å²) in [7, 11) is 3.29. The number of methoxy groups -OCH3 is 2. The monoisotopic (exact) mass is 415 g/mol. The van der Waals surface area contributed by atoms with Crippen molar-refractivity contribution in [2.75, 3.05) is 20.0 Å². The lowest BCUT2D eigenvalue weighted by Crippen LogP contribution is -2.41. The third-order valence-corrected chi connectivity index (χ3v) is 6.10. The highest BCUT2D eigenvalue weighted by molar-refractivity contribution is 9.10. The Morgan fingerprint density at radius 1 is 1.25 bits per heavy atom. The number of carbonyl (C=O) groups excluding carboxylic acids is 1. The molecule has 2 rings (SSSR count). The maximum atomic E-state index is 12.2. The first-order valence-corrected chi connectivity index (χ1v) is 10.3.